The average molecular weight is 254 g/mol. The number of methoxy groups -OCH3 is 1. The topological polar surface area (TPSA) is 42.4 Å². The summed E-state index contributed by atoms with van der Waals surface area (Å²) in [6, 6.07) is 0.231. The van der Waals surface area contributed by atoms with Gasteiger partial charge in [0.2, 0.25) is 0 Å². The number of hydrogen-bond donors (Lipinski definition) is 0. The van der Waals surface area contributed by atoms with Crippen LogP contribution in [0.1, 0.15) is 33.2 Å². The Morgan fingerprint density at radius 3 is 2.94 bits per heavy atom. The number of amides is 1. The minimum Gasteiger partial charge on any atom is -0.383 e. The molecule has 0 bridgehead atoms. The van der Waals surface area contributed by atoms with E-state index in [2.05, 4.69) is 4.98 Å². The second-order valence-electron chi connectivity index (χ2n) is 4.40. The summed E-state index contributed by atoms with van der Waals surface area (Å²) in [6.07, 6.45) is 2.10. The lowest BCUT2D eigenvalue weighted by Gasteiger charge is -2.23. The molecule has 5 heteroatoms. The summed E-state index contributed by atoms with van der Waals surface area (Å²) >= 11 is 1.49. The van der Waals surface area contributed by atoms with Crippen molar-refractivity contribution in [1.82, 2.24) is 9.88 Å². The predicted octanol–water partition coefficient (Wildman–Crippen LogP) is 2.01. The Balaban J connectivity index is 2.16. The molecule has 1 aromatic rings. The number of likely N-dealkylation sites (tertiary alicyclic amines) is 1. The van der Waals surface area contributed by atoms with Gasteiger partial charge in [-0.2, -0.15) is 0 Å². The van der Waals surface area contributed by atoms with Gasteiger partial charge in [-0.25, -0.2) is 4.98 Å². The van der Waals surface area contributed by atoms with Gasteiger partial charge in [-0.15, -0.1) is 11.3 Å². The minimum absolute atomic E-state index is 0.118. The van der Waals surface area contributed by atoms with Gasteiger partial charge in [0.15, 0.2) is 0 Å². The van der Waals surface area contributed by atoms with E-state index in [0.29, 0.717) is 6.61 Å². The zero-order chi connectivity index (χ0) is 12.4. The van der Waals surface area contributed by atoms with Crippen LogP contribution in [-0.2, 0) is 4.74 Å². The fourth-order valence-corrected chi connectivity index (χ4v) is 3.20. The van der Waals surface area contributed by atoms with Crippen LogP contribution in [0.2, 0.25) is 0 Å². The number of aryl methyl sites for hydroxylation is 2. The van der Waals surface area contributed by atoms with Crippen LogP contribution in [0, 0.1) is 13.8 Å². The Kier molecular flexibility index (Phi) is 3.79. The van der Waals surface area contributed by atoms with Crippen LogP contribution in [-0.4, -0.2) is 42.1 Å². The summed E-state index contributed by atoms with van der Waals surface area (Å²) in [5.41, 5.74) is 0.848. The monoisotopic (exact) mass is 254 g/mol. The largest absolute Gasteiger partial charge is 0.383 e. The molecule has 0 aromatic carbocycles. The number of nitrogens with zero attached hydrogens (tertiary/aromatic N) is 2. The number of hydrogen-bond acceptors (Lipinski definition) is 4. The molecule has 1 atom stereocenters. The molecule has 2 heterocycles. The van der Waals surface area contributed by atoms with Crippen LogP contribution in [0.3, 0.4) is 0 Å². The zero-order valence-corrected chi connectivity index (χ0v) is 11.3. The van der Waals surface area contributed by atoms with E-state index in [4.69, 9.17) is 4.74 Å². The molecule has 17 heavy (non-hydrogen) atoms. The highest BCUT2D eigenvalue weighted by molar-refractivity contribution is 7.13. The molecule has 1 aliphatic rings. The fourth-order valence-electron chi connectivity index (χ4n) is 2.33. The lowest BCUT2D eigenvalue weighted by atomic mass is 10.2. The number of rotatable bonds is 3. The van der Waals surface area contributed by atoms with Gasteiger partial charge in [-0.05, 0) is 26.7 Å². The standard InChI is InChI=1S/C12H18N2O2S/c1-8-11(17-9(2)13-8)12(15)14-6-4-5-10(14)7-16-3/h10H,4-7H2,1-3H3/t10-/m1/s1. The number of aromatic nitrogens is 1. The van der Waals surface area contributed by atoms with Gasteiger partial charge in [-0.1, -0.05) is 0 Å². The average Bonchev–Trinajstić information content (AvgIpc) is 2.85. The summed E-state index contributed by atoms with van der Waals surface area (Å²) in [4.78, 5) is 19.4. The normalized spacial score (nSPS) is 19.9. The summed E-state index contributed by atoms with van der Waals surface area (Å²) in [7, 11) is 1.68. The van der Waals surface area contributed by atoms with E-state index >= 15 is 0 Å². The second-order valence-corrected chi connectivity index (χ2v) is 5.60. The first-order chi connectivity index (χ1) is 8.13. The highest BCUT2D eigenvalue weighted by Gasteiger charge is 2.31. The maximum absolute atomic E-state index is 12.4. The zero-order valence-electron chi connectivity index (χ0n) is 10.5. The van der Waals surface area contributed by atoms with Gasteiger partial charge in [0.25, 0.3) is 5.91 Å². The Labute approximate surface area is 106 Å². The number of carbonyl (C=O) groups is 1. The van der Waals surface area contributed by atoms with Crippen LogP contribution < -0.4 is 0 Å². The third kappa shape index (κ3) is 2.50. The van der Waals surface area contributed by atoms with Crippen LogP contribution in [0.15, 0.2) is 0 Å². The lowest BCUT2D eigenvalue weighted by molar-refractivity contribution is 0.0634. The van der Waals surface area contributed by atoms with Crippen molar-refractivity contribution >= 4 is 17.2 Å². The minimum atomic E-state index is 0.118. The molecule has 0 aliphatic carbocycles. The summed E-state index contributed by atoms with van der Waals surface area (Å²) in [6.45, 7) is 5.30. The molecular weight excluding hydrogens is 236 g/mol. The van der Waals surface area contributed by atoms with E-state index in [0.717, 1.165) is 35.0 Å². The Morgan fingerprint density at radius 1 is 1.59 bits per heavy atom. The highest BCUT2D eigenvalue weighted by Crippen LogP contribution is 2.25. The van der Waals surface area contributed by atoms with Crippen molar-refractivity contribution in [2.45, 2.75) is 32.7 Å². The maximum Gasteiger partial charge on any atom is 0.266 e. The molecule has 94 valence electrons. The summed E-state index contributed by atoms with van der Waals surface area (Å²) in [5.74, 6) is 0.118. The predicted molar refractivity (Wildman–Crippen MR) is 67.5 cm³/mol. The first-order valence-corrected chi connectivity index (χ1v) is 6.69. The molecule has 0 saturated carbocycles. The van der Waals surface area contributed by atoms with E-state index in [9.17, 15) is 4.79 Å². The van der Waals surface area contributed by atoms with Crippen molar-refractivity contribution in [2.24, 2.45) is 0 Å². The third-order valence-corrected chi connectivity index (χ3v) is 4.16. The lowest BCUT2D eigenvalue weighted by Crippen LogP contribution is -2.38. The van der Waals surface area contributed by atoms with Crippen molar-refractivity contribution in [3.63, 3.8) is 0 Å². The number of thiazole rings is 1. The van der Waals surface area contributed by atoms with Crippen LogP contribution in [0.5, 0.6) is 0 Å². The molecule has 0 spiro atoms. The van der Waals surface area contributed by atoms with E-state index in [1.807, 2.05) is 18.7 Å². The number of ether oxygens (including phenoxy) is 1. The van der Waals surface area contributed by atoms with Gasteiger partial charge in [-0.3, -0.25) is 4.79 Å². The second kappa shape index (κ2) is 5.14. The van der Waals surface area contributed by atoms with Gasteiger partial charge >= 0.3 is 0 Å². The Hall–Kier alpha value is -0.940. The fraction of sp³-hybridized carbons (Fsp3) is 0.667. The molecule has 0 N–H and O–H groups in total. The smallest absolute Gasteiger partial charge is 0.266 e. The third-order valence-electron chi connectivity index (χ3n) is 3.09. The van der Waals surface area contributed by atoms with Gasteiger partial charge < -0.3 is 9.64 Å². The van der Waals surface area contributed by atoms with Crippen LogP contribution in [0.4, 0.5) is 0 Å². The molecule has 1 aliphatic heterocycles. The van der Waals surface area contributed by atoms with Crippen molar-refractivity contribution in [3.05, 3.63) is 15.6 Å². The first-order valence-electron chi connectivity index (χ1n) is 5.87. The van der Waals surface area contributed by atoms with Crippen molar-refractivity contribution in [3.8, 4) is 0 Å². The molecule has 2 rings (SSSR count). The van der Waals surface area contributed by atoms with E-state index in [1.165, 1.54) is 11.3 Å². The van der Waals surface area contributed by atoms with E-state index in [-0.39, 0.29) is 11.9 Å². The van der Waals surface area contributed by atoms with Crippen molar-refractivity contribution < 1.29 is 9.53 Å². The Morgan fingerprint density at radius 2 is 2.35 bits per heavy atom. The highest BCUT2D eigenvalue weighted by atomic mass is 32.1. The van der Waals surface area contributed by atoms with E-state index < -0.39 is 0 Å². The molecule has 4 nitrogen and oxygen atoms in total. The van der Waals surface area contributed by atoms with Gasteiger partial charge in [0, 0.05) is 13.7 Å². The molecule has 1 saturated heterocycles. The SMILES string of the molecule is COC[C@H]1CCCN1C(=O)c1sc(C)nc1C. The van der Waals surface area contributed by atoms with Crippen molar-refractivity contribution in [1.29, 1.82) is 0 Å². The molecule has 1 aromatic heterocycles. The number of carbonyl (C=O) groups excluding carboxylic acids is 1. The first kappa shape index (κ1) is 12.5. The summed E-state index contributed by atoms with van der Waals surface area (Å²) in [5, 5.41) is 0.952. The quantitative estimate of drug-likeness (QED) is 0.828. The molecular formula is C12H18N2O2S. The van der Waals surface area contributed by atoms with Crippen LogP contribution in [0.25, 0.3) is 0 Å². The summed E-state index contributed by atoms with van der Waals surface area (Å²) < 4.78 is 5.17. The molecule has 1 amide bonds. The van der Waals surface area contributed by atoms with E-state index in [1.54, 1.807) is 7.11 Å². The maximum atomic E-state index is 12.4. The molecule has 1 fully saturated rings. The molecule has 0 radical (unpaired) electrons. The van der Waals surface area contributed by atoms with Gasteiger partial charge in [0.05, 0.1) is 23.4 Å². The van der Waals surface area contributed by atoms with Crippen LogP contribution >= 0.6 is 11.3 Å². The van der Waals surface area contributed by atoms with Gasteiger partial charge in [0.1, 0.15) is 4.88 Å². The Bertz CT molecular complexity index is 417. The van der Waals surface area contributed by atoms with Crippen molar-refractivity contribution in [2.75, 3.05) is 20.3 Å². The molecule has 0 unspecified atom stereocenters.